The number of rotatable bonds is 5. The number of aryl methyl sites for hydroxylation is 2. The minimum atomic E-state index is 0.00168. The van der Waals surface area contributed by atoms with Gasteiger partial charge in [-0.05, 0) is 38.3 Å². The van der Waals surface area contributed by atoms with Crippen molar-refractivity contribution >= 4 is 33.7 Å². The molecular formula is C20H22N4OS2. The molecule has 1 aromatic carbocycles. The van der Waals surface area contributed by atoms with Gasteiger partial charge >= 0.3 is 0 Å². The molecule has 3 heterocycles. The highest BCUT2D eigenvalue weighted by Gasteiger charge is 2.25. The van der Waals surface area contributed by atoms with Gasteiger partial charge in [0.15, 0.2) is 5.13 Å². The van der Waals surface area contributed by atoms with Crippen molar-refractivity contribution < 1.29 is 4.79 Å². The van der Waals surface area contributed by atoms with Gasteiger partial charge in [0, 0.05) is 11.9 Å². The van der Waals surface area contributed by atoms with E-state index < -0.39 is 0 Å². The van der Waals surface area contributed by atoms with Crippen LogP contribution >= 0.6 is 22.7 Å². The zero-order chi connectivity index (χ0) is 18.8. The minimum Gasteiger partial charge on any atom is -0.301 e. The van der Waals surface area contributed by atoms with Crippen molar-refractivity contribution in [3.63, 3.8) is 0 Å². The van der Waals surface area contributed by atoms with Crippen molar-refractivity contribution in [1.82, 2.24) is 14.9 Å². The fourth-order valence-corrected chi connectivity index (χ4v) is 5.21. The van der Waals surface area contributed by atoms with E-state index in [-0.39, 0.29) is 5.91 Å². The molecule has 1 amide bonds. The largest absolute Gasteiger partial charge is 0.301 e. The van der Waals surface area contributed by atoms with E-state index in [1.165, 1.54) is 16.9 Å². The highest BCUT2D eigenvalue weighted by atomic mass is 32.1. The van der Waals surface area contributed by atoms with Crippen LogP contribution in [0.4, 0.5) is 5.13 Å². The maximum atomic E-state index is 12.4. The molecule has 140 valence electrons. The lowest BCUT2D eigenvalue weighted by Gasteiger charge is -2.15. The summed E-state index contributed by atoms with van der Waals surface area (Å²) in [6.07, 6.45) is 1.10. The van der Waals surface area contributed by atoms with Gasteiger partial charge in [0.05, 0.1) is 27.8 Å². The summed E-state index contributed by atoms with van der Waals surface area (Å²) in [4.78, 5) is 24.7. The second-order valence-corrected chi connectivity index (χ2v) is 8.93. The lowest BCUT2D eigenvalue weighted by atomic mass is 9.99. The number of hydrogen-bond acceptors (Lipinski definition) is 6. The number of anilines is 1. The number of carbonyl (C=O) groups is 1. The molecule has 1 saturated heterocycles. The molecule has 3 aromatic rings. The van der Waals surface area contributed by atoms with Crippen LogP contribution in [-0.4, -0.2) is 40.4 Å². The highest BCUT2D eigenvalue weighted by molar-refractivity contribution is 7.16. The number of hydrogen-bond donors (Lipinski definition) is 1. The lowest BCUT2D eigenvalue weighted by Crippen LogP contribution is -2.31. The fourth-order valence-electron chi connectivity index (χ4n) is 3.54. The molecule has 1 aliphatic heterocycles. The maximum absolute atomic E-state index is 12.4. The molecule has 1 aliphatic rings. The van der Waals surface area contributed by atoms with E-state index in [0.29, 0.717) is 17.6 Å². The lowest BCUT2D eigenvalue weighted by molar-refractivity contribution is -0.117. The Kier molecular flexibility index (Phi) is 5.33. The first-order valence-electron chi connectivity index (χ1n) is 9.05. The molecule has 1 N–H and O–H groups in total. The topological polar surface area (TPSA) is 58.1 Å². The summed E-state index contributed by atoms with van der Waals surface area (Å²) in [5, 5.41) is 6.62. The van der Waals surface area contributed by atoms with Crippen LogP contribution in [0.3, 0.4) is 0 Å². The Hall–Kier alpha value is -2.09. The number of benzene rings is 1. The number of thiazole rings is 2. The predicted octanol–water partition coefficient (Wildman–Crippen LogP) is 4.31. The van der Waals surface area contributed by atoms with Gasteiger partial charge in [0.1, 0.15) is 0 Å². The molecule has 1 atom stereocenters. The Morgan fingerprint density at radius 3 is 2.81 bits per heavy atom. The average molecular weight is 399 g/mol. The average Bonchev–Trinajstić information content (AvgIpc) is 3.36. The summed E-state index contributed by atoms with van der Waals surface area (Å²) in [6.45, 7) is 6.29. The molecule has 2 aromatic heterocycles. The molecule has 5 nitrogen and oxygen atoms in total. The van der Waals surface area contributed by atoms with Gasteiger partial charge in [0.2, 0.25) is 5.91 Å². The summed E-state index contributed by atoms with van der Waals surface area (Å²) < 4.78 is 0. The van der Waals surface area contributed by atoms with Gasteiger partial charge in [0.25, 0.3) is 0 Å². The van der Waals surface area contributed by atoms with Crippen molar-refractivity contribution in [2.45, 2.75) is 26.2 Å². The van der Waals surface area contributed by atoms with Crippen LogP contribution in [0.5, 0.6) is 0 Å². The fraction of sp³-hybridized carbons (Fsp3) is 0.350. The van der Waals surface area contributed by atoms with Gasteiger partial charge in [-0.1, -0.05) is 30.3 Å². The zero-order valence-corrected chi connectivity index (χ0v) is 17.1. The second-order valence-electron chi connectivity index (χ2n) is 6.86. The SMILES string of the molecule is Cc1nc(C)c(-c2csc(NC(=O)CN3CCC(c4ccccc4)C3)n2)s1. The first-order chi connectivity index (χ1) is 13.1. The molecule has 0 aliphatic carbocycles. The van der Waals surface area contributed by atoms with Crippen LogP contribution in [0.25, 0.3) is 10.6 Å². The Labute approximate surface area is 167 Å². The van der Waals surface area contributed by atoms with E-state index in [2.05, 4.69) is 44.5 Å². The van der Waals surface area contributed by atoms with Crippen LogP contribution in [0.1, 0.15) is 28.6 Å². The molecule has 1 fully saturated rings. The molecule has 7 heteroatoms. The zero-order valence-electron chi connectivity index (χ0n) is 15.4. The Morgan fingerprint density at radius 2 is 2.07 bits per heavy atom. The second kappa shape index (κ2) is 7.88. The summed E-state index contributed by atoms with van der Waals surface area (Å²) in [7, 11) is 0. The number of aromatic nitrogens is 2. The van der Waals surface area contributed by atoms with Gasteiger partial charge < -0.3 is 5.32 Å². The van der Waals surface area contributed by atoms with Gasteiger partial charge in [-0.15, -0.1) is 22.7 Å². The van der Waals surface area contributed by atoms with Crippen LogP contribution in [-0.2, 0) is 4.79 Å². The minimum absolute atomic E-state index is 0.00168. The van der Waals surface area contributed by atoms with Crippen LogP contribution < -0.4 is 5.32 Å². The summed E-state index contributed by atoms with van der Waals surface area (Å²) >= 11 is 3.10. The predicted molar refractivity (Wildman–Crippen MR) is 112 cm³/mol. The Balaban J connectivity index is 1.33. The third kappa shape index (κ3) is 4.26. The quantitative estimate of drug-likeness (QED) is 0.696. The summed E-state index contributed by atoms with van der Waals surface area (Å²) in [5.41, 5.74) is 3.24. The smallest absolute Gasteiger partial charge is 0.240 e. The number of amides is 1. The van der Waals surface area contributed by atoms with Crippen molar-refractivity contribution in [1.29, 1.82) is 0 Å². The van der Waals surface area contributed by atoms with E-state index >= 15 is 0 Å². The molecule has 27 heavy (non-hydrogen) atoms. The first kappa shape index (κ1) is 18.3. The third-order valence-electron chi connectivity index (χ3n) is 4.80. The normalized spacial score (nSPS) is 17.3. The molecule has 0 radical (unpaired) electrons. The molecular weight excluding hydrogens is 376 g/mol. The molecule has 1 unspecified atom stereocenters. The molecule has 4 rings (SSSR count). The molecule has 0 saturated carbocycles. The van der Waals surface area contributed by atoms with E-state index in [1.54, 1.807) is 11.3 Å². The Bertz CT molecular complexity index is 935. The van der Waals surface area contributed by atoms with Crippen molar-refractivity contribution in [3.05, 3.63) is 52.0 Å². The van der Waals surface area contributed by atoms with Crippen LogP contribution in [0.2, 0.25) is 0 Å². The van der Waals surface area contributed by atoms with E-state index in [4.69, 9.17) is 0 Å². The monoisotopic (exact) mass is 398 g/mol. The molecule has 0 bridgehead atoms. The summed E-state index contributed by atoms with van der Waals surface area (Å²) in [6, 6.07) is 10.6. The van der Waals surface area contributed by atoms with Crippen LogP contribution in [0, 0.1) is 13.8 Å². The van der Waals surface area contributed by atoms with Crippen molar-refractivity contribution in [2.75, 3.05) is 25.0 Å². The van der Waals surface area contributed by atoms with E-state index in [0.717, 1.165) is 40.8 Å². The van der Waals surface area contributed by atoms with Crippen molar-refractivity contribution in [3.8, 4) is 10.6 Å². The highest BCUT2D eigenvalue weighted by Crippen LogP contribution is 2.32. The third-order valence-corrected chi connectivity index (χ3v) is 6.65. The summed E-state index contributed by atoms with van der Waals surface area (Å²) in [5.74, 6) is 0.518. The van der Waals surface area contributed by atoms with Crippen molar-refractivity contribution in [2.24, 2.45) is 0 Å². The number of nitrogens with one attached hydrogen (secondary N) is 1. The maximum Gasteiger partial charge on any atom is 0.240 e. The van der Waals surface area contributed by atoms with Gasteiger partial charge in [-0.2, -0.15) is 0 Å². The van der Waals surface area contributed by atoms with Gasteiger partial charge in [-0.3, -0.25) is 9.69 Å². The number of nitrogens with zero attached hydrogens (tertiary/aromatic N) is 3. The standard InChI is InChI=1S/C20H22N4OS2/c1-13-19(27-14(2)21-13)17-12-26-20(22-17)23-18(25)11-24-9-8-16(10-24)15-6-4-3-5-7-15/h3-7,12,16H,8-11H2,1-2H3,(H,22,23,25). The molecule has 0 spiro atoms. The van der Waals surface area contributed by atoms with Gasteiger partial charge in [-0.25, -0.2) is 9.97 Å². The number of likely N-dealkylation sites (tertiary alicyclic amines) is 1. The van der Waals surface area contributed by atoms with E-state index in [1.807, 2.05) is 25.3 Å². The first-order valence-corrected chi connectivity index (χ1v) is 10.7. The Morgan fingerprint density at radius 1 is 1.26 bits per heavy atom. The van der Waals surface area contributed by atoms with Crippen LogP contribution in [0.15, 0.2) is 35.7 Å². The van der Waals surface area contributed by atoms with E-state index in [9.17, 15) is 4.79 Å². The number of carbonyl (C=O) groups excluding carboxylic acids is 1.